The van der Waals surface area contributed by atoms with Crippen LogP contribution < -0.4 is 5.32 Å². The lowest BCUT2D eigenvalue weighted by molar-refractivity contribution is -0.117. The Morgan fingerprint density at radius 2 is 2.06 bits per heavy atom. The zero-order valence-electron chi connectivity index (χ0n) is 16.8. The van der Waals surface area contributed by atoms with Gasteiger partial charge >= 0.3 is 0 Å². The van der Waals surface area contributed by atoms with Crippen LogP contribution in [0.15, 0.2) is 43.1 Å². The Kier molecular flexibility index (Phi) is 4.40. The molecule has 12 heteroatoms. The normalized spacial score (nSPS) is 17.7. The first kappa shape index (κ1) is 19.8. The molecule has 1 fully saturated rings. The van der Waals surface area contributed by atoms with Crippen molar-refractivity contribution in [2.75, 3.05) is 5.32 Å². The first-order valence-corrected chi connectivity index (χ1v) is 10.5. The molecule has 2 N–H and O–H groups in total. The molecule has 0 aliphatic heterocycles. The first-order valence-electron chi connectivity index (χ1n) is 10.1. The number of aromatic amines is 1. The lowest BCUT2D eigenvalue weighted by Crippen LogP contribution is -2.15. The van der Waals surface area contributed by atoms with E-state index in [1.165, 1.54) is 17.2 Å². The number of halogens is 3. The van der Waals surface area contributed by atoms with Crippen LogP contribution in [0.2, 0.25) is 5.02 Å². The van der Waals surface area contributed by atoms with E-state index in [0.29, 0.717) is 39.1 Å². The summed E-state index contributed by atoms with van der Waals surface area (Å²) in [5.41, 5.74) is 2.45. The number of fused-ring (bicyclic) bond motifs is 2. The number of pyridine rings is 1. The van der Waals surface area contributed by atoms with Gasteiger partial charge in [-0.2, -0.15) is 20.1 Å². The first-order chi connectivity index (χ1) is 16.0. The van der Waals surface area contributed by atoms with Gasteiger partial charge in [0, 0.05) is 28.3 Å². The van der Waals surface area contributed by atoms with Crippen LogP contribution in [0.1, 0.15) is 12.0 Å². The van der Waals surface area contributed by atoms with Gasteiger partial charge in [0.25, 0.3) is 0 Å². The second-order valence-electron chi connectivity index (χ2n) is 7.86. The average Bonchev–Trinajstić information content (AvgIpc) is 3.22. The number of amides is 1. The molecule has 0 unspecified atom stereocenters. The number of nitrogens with zero attached hydrogens (tertiary/aromatic N) is 6. The Hall–Kier alpha value is -3.86. The summed E-state index contributed by atoms with van der Waals surface area (Å²) in [6.45, 7) is 0.0852. The predicted octanol–water partition coefficient (Wildman–Crippen LogP) is 3.61. The molecular formula is C21H15ClF2N8O. The van der Waals surface area contributed by atoms with Gasteiger partial charge in [-0.05, 0) is 18.6 Å². The number of rotatable bonds is 5. The zero-order chi connectivity index (χ0) is 22.7. The summed E-state index contributed by atoms with van der Waals surface area (Å²) in [6.07, 6.45) is 7.10. The number of carbonyl (C=O) groups is 1. The van der Waals surface area contributed by atoms with Crippen LogP contribution in [0.4, 0.5) is 14.6 Å². The highest BCUT2D eigenvalue weighted by Crippen LogP contribution is 2.39. The van der Waals surface area contributed by atoms with Crippen molar-refractivity contribution in [3.05, 3.63) is 59.5 Å². The summed E-state index contributed by atoms with van der Waals surface area (Å²) < 4.78 is 30.2. The summed E-state index contributed by atoms with van der Waals surface area (Å²) >= 11 is 6.51. The number of nitrogens with one attached hydrogen (secondary N) is 2. The van der Waals surface area contributed by atoms with Gasteiger partial charge in [0.15, 0.2) is 5.82 Å². The molecule has 2 atom stereocenters. The number of H-pyrrole nitrogens is 1. The van der Waals surface area contributed by atoms with E-state index < -0.39 is 23.8 Å². The van der Waals surface area contributed by atoms with Crippen molar-refractivity contribution in [1.82, 2.24) is 34.6 Å². The van der Waals surface area contributed by atoms with E-state index in [4.69, 9.17) is 11.6 Å². The summed E-state index contributed by atoms with van der Waals surface area (Å²) in [6, 6.07) is 3.48. The van der Waals surface area contributed by atoms with Gasteiger partial charge < -0.3 is 9.72 Å². The molecule has 166 valence electrons. The Morgan fingerprint density at radius 1 is 1.27 bits per heavy atom. The standard InChI is InChI=1S/C21H15ClF2N8O/c22-18-17(12-6-25-30-20(12)13(19(18)24)8-32-26-3-4-27-32)10-1-2-16-28-15(9-31(16)7-10)29-21(33)11-5-14(11)23/h1-4,6-7,9,11,14H,5,8H2,(H,25,30)(H,29,33)/t11-,14+/m1/s1. The van der Waals surface area contributed by atoms with Crippen molar-refractivity contribution >= 4 is 39.9 Å². The Balaban J connectivity index is 1.41. The lowest BCUT2D eigenvalue weighted by Gasteiger charge is -2.12. The summed E-state index contributed by atoms with van der Waals surface area (Å²) in [5, 5.41) is 18.2. The molecule has 4 aromatic heterocycles. The smallest absolute Gasteiger partial charge is 0.231 e. The molecule has 6 rings (SSSR count). The van der Waals surface area contributed by atoms with Crippen molar-refractivity contribution < 1.29 is 13.6 Å². The third kappa shape index (κ3) is 3.32. The Labute approximate surface area is 189 Å². The molecule has 0 bridgehead atoms. The van der Waals surface area contributed by atoms with E-state index >= 15 is 4.39 Å². The van der Waals surface area contributed by atoms with Crippen LogP contribution in [0, 0.1) is 11.7 Å². The average molecular weight is 469 g/mol. The van der Waals surface area contributed by atoms with E-state index in [1.807, 2.05) is 0 Å². The zero-order valence-corrected chi connectivity index (χ0v) is 17.6. The highest BCUT2D eigenvalue weighted by molar-refractivity contribution is 6.35. The highest BCUT2D eigenvalue weighted by atomic mass is 35.5. The molecule has 0 saturated heterocycles. The fraction of sp³-hybridized carbons (Fsp3) is 0.190. The molecule has 9 nitrogen and oxygen atoms in total. The van der Waals surface area contributed by atoms with Crippen molar-refractivity contribution in [3.8, 4) is 11.1 Å². The van der Waals surface area contributed by atoms with Crippen LogP contribution in [-0.4, -0.2) is 46.7 Å². The molecule has 33 heavy (non-hydrogen) atoms. The molecule has 5 aromatic rings. The van der Waals surface area contributed by atoms with Crippen molar-refractivity contribution in [2.24, 2.45) is 5.92 Å². The number of alkyl halides is 1. The predicted molar refractivity (Wildman–Crippen MR) is 116 cm³/mol. The van der Waals surface area contributed by atoms with Gasteiger partial charge in [0.2, 0.25) is 5.91 Å². The summed E-state index contributed by atoms with van der Waals surface area (Å²) in [7, 11) is 0. The fourth-order valence-electron chi connectivity index (χ4n) is 3.93. The van der Waals surface area contributed by atoms with Crippen LogP contribution in [0.3, 0.4) is 0 Å². The number of anilines is 1. The number of benzene rings is 1. The third-order valence-electron chi connectivity index (χ3n) is 5.69. The molecule has 1 aromatic carbocycles. The number of imidazole rings is 1. The molecule has 1 amide bonds. The monoisotopic (exact) mass is 468 g/mol. The second-order valence-corrected chi connectivity index (χ2v) is 8.23. The summed E-state index contributed by atoms with van der Waals surface area (Å²) in [4.78, 5) is 17.7. The molecular weight excluding hydrogens is 454 g/mol. The SMILES string of the molecule is O=C(Nc1cn2cc(-c3c(Cl)c(F)c(Cn4nccn4)c4[nH]ncc34)ccc2n1)[C@@H]1C[C@@H]1F. The van der Waals surface area contributed by atoms with E-state index in [0.717, 1.165) is 0 Å². The quantitative estimate of drug-likeness (QED) is 0.410. The maximum atomic E-state index is 15.4. The van der Waals surface area contributed by atoms with Gasteiger partial charge in [-0.15, -0.1) is 0 Å². The van der Waals surface area contributed by atoms with Gasteiger partial charge in [-0.1, -0.05) is 11.6 Å². The third-order valence-corrected chi connectivity index (χ3v) is 6.05. The van der Waals surface area contributed by atoms with Gasteiger partial charge in [-0.3, -0.25) is 9.89 Å². The van der Waals surface area contributed by atoms with E-state index in [9.17, 15) is 9.18 Å². The lowest BCUT2D eigenvalue weighted by atomic mass is 9.99. The van der Waals surface area contributed by atoms with E-state index in [-0.39, 0.29) is 18.0 Å². The van der Waals surface area contributed by atoms with Gasteiger partial charge in [0.05, 0.1) is 47.8 Å². The van der Waals surface area contributed by atoms with Crippen LogP contribution >= 0.6 is 11.6 Å². The van der Waals surface area contributed by atoms with Gasteiger partial charge in [-0.25, -0.2) is 13.8 Å². The maximum Gasteiger partial charge on any atom is 0.231 e. The Bertz CT molecular complexity index is 1530. The van der Waals surface area contributed by atoms with Crippen molar-refractivity contribution in [1.29, 1.82) is 0 Å². The molecule has 1 aliphatic carbocycles. The van der Waals surface area contributed by atoms with Gasteiger partial charge in [0.1, 0.15) is 17.6 Å². The fourth-order valence-corrected chi connectivity index (χ4v) is 4.25. The van der Waals surface area contributed by atoms with Crippen LogP contribution in [0.25, 0.3) is 27.7 Å². The van der Waals surface area contributed by atoms with Crippen LogP contribution in [-0.2, 0) is 11.3 Å². The molecule has 0 radical (unpaired) electrons. The molecule has 1 saturated carbocycles. The van der Waals surface area contributed by atoms with E-state index in [2.05, 4.69) is 30.7 Å². The van der Waals surface area contributed by atoms with E-state index in [1.54, 1.807) is 35.1 Å². The molecule has 1 aliphatic rings. The molecule has 0 spiro atoms. The maximum absolute atomic E-state index is 15.4. The minimum Gasteiger partial charge on any atom is -0.309 e. The van der Waals surface area contributed by atoms with Crippen molar-refractivity contribution in [3.63, 3.8) is 0 Å². The number of aromatic nitrogens is 7. The topological polar surface area (TPSA) is 106 Å². The number of carbonyl (C=O) groups excluding carboxylic acids is 1. The number of hydrogen-bond acceptors (Lipinski definition) is 5. The Morgan fingerprint density at radius 3 is 2.82 bits per heavy atom. The van der Waals surface area contributed by atoms with Crippen LogP contribution in [0.5, 0.6) is 0 Å². The second kappa shape index (κ2) is 7.34. The largest absolute Gasteiger partial charge is 0.309 e. The minimum atomic E-state index is -1.09. The number of hydrogen-bond donors (Lipinski definition) is 2. The molecule has 4 heterocycles. The van der Waals surface area contributed by atoms with Crippen molar-refractivity contribution in [2.45, 2.75) is 19.1 Å². The summed E-state index contributed by atoms with van der Waals surface area (Å²) in [5.74, 6) is -1.29. The minimum absolute atomic E-state index is 0.0539. The highest BCUT2D eigenvalue weighted by Gasteiger charge is 2.43.